The molecule has 67 heavy (non-hydrogen) atoms. The van der Waals surface area contributed by atoms with Gasteiger partial charge in [-0.1, -0.05) is 231 Å². The molecule has 1 aliphatic heterocycles. The van der Waals surface area contributed by atoms with Crippen molar-refractivity contribution in [2.45, 2.75) is 6.04 Å². The van der Waals surface area contributed by atoms with E-state index in [4.69, 9.17) is 4.99 Å². The molecule has 0 radical (unpaired) electrons. The van der Waals surface area contributed by atoms with E-state index in [1.165, 1.54) is 50.1 Å². The van der Waals surface area contributed by atoms with Gasteiger partial charge in [-0.2, -0.15) is 0 Å². The summed E-state index contributed by atoms with van der Waals surface area (Å²) >= 11 is 0. The van der Waals surface area contributed by atoms with E-state index in [9.17, 15) is 0 Å². The number of benzene rings is 10. The van der Waals surface area contributed by atoms with Crippen LogP contribution in [0, 0.1) is 0 Å². The van der Waals surface area contributed by atoms with Crippen LogP contribution in [0.2, 0.25) is 0 Å². The Morgan fingerprint density at radius 3 is 0.881 bits per heavy atom. The van der Waals surface area contributed by atoms with Crippen LogP contribution in [0.15, 0.2) is 278 Å². The molecule has 0 aliphatic carbocycles. The summed E-state index contributed by atoms with van der Waals surface area (Å²) in [6, 6.07) is 95.0. The molecule has 11 rings (SSSR count). The molecule has 0 saturated heterocycles. The highest BCUT2D eigenvalue weighted by Gasteiger charge is 2.21. The minimum Gasteiger partial charge on any atom is -0.359 e. The molecule has 1 N–H and O–H groups in total. The molecule has 3 nitrogen and oxygen atoms in total. The zero-order valence-electron chi connectivity index (χ0n) is 37.0. The zero-order chi connectivity index (χ0) is 44.8. The number of hydrogen-bond acceptors (Lipinski definition) is 3. The maximum Gasteiger partial charge on any atom is 0.134 e. The molecule has 0 saturated carbocycles. The van der Waals surface area contributed by atoms with Crippen LogP contribution in [0.4, 0.5) is 17.1 Å². The summed E-state index contributed by atoms with van der Waals surface area (Å²) in [7, 11) is 0. The highest BCUT2D eigenvalue weighted by atomic mass is 15.1. The van der Waals surface area contributed by atoms with Crippen LogP contribution in [-0.2, 0) is 0 Å². The molecule has 1 unspecified atom stereocenters. The lowest BCUT2D eigenvalue weighted by Crippen LogP contribution is -2.31. The lowest BCUT2D eigenvalue weighted by atomic mass is 9.96. The van der Waals surface area contributed by atoms with Gasteiger partial charge in [-0.05, 0) is 109 Å². The molecular weight excluding hydrogens is 811 g/mol. The predicted octanol–water partition coefficient (Wildman–Crippen LogP) is 16.6. The summed E-state index contributed by atoms with van der Waals surface area (Å²) in [6.07, 6.45) is 2.24. The van der Waals surface area contributed by atoms with E-state index in [0.717, 1.165) is 50.8 Å². The Hall–Kier alpha value is -8.79. The summed E-state index contributed by atoms with van der Waals surface area (Å²) in [5.74, 6) is 0.843. The van der Waals surface area contributed by atoms with Gasteiger partial charge in [0, 0.05) is 22.6 Å². The first-order valence-corrected chi connectivity index (χ1v) is 22.9. The molecule has 318 valence electrons. The van der Waals surface area contributed by atoms with E-state index in [1.807, 2.05) is 0 Å². The molecule has 1 aliphatic rings. The Bertz CT molecular complexity index is 3190. The predicted molar refractivity (Wildman–Crippen MR) is 282 cm³/mol. The van der Waals surface area contributed by atoms with Crippen LogP contribution in [-0.4, -0.2) is 5.84 Å². The fraction of sp³-hybridized carbons (Fsp3) is 0.0156. The quantitative estimate of drug-likeness (QED) is 0.140. The van der Waals surface area contributed by atoms with Crippen molar-refractivity contribution >= 4 is 28.6 Å². The largest absolute Gasteiger partial charge is 0.359 e. The van der Waals surface area contributed by atoms with Crippen LogP contribution in [0.25, 0.3) is 61.3 Å². The smallest absolute Gasteiger partial charge is 0.134 e. The van der Waals surface area contributed by atoms with Gasteiger partial charge < -0.3 is 10.2 Å². The molecule has 3 heteroatoms. The maximum atomic E-state index is 5.26. The van der Waals surface area contributed by atoms with Crippen LogP contribution in [0.1, 0.15) is 22.7 Å². The molecule has 10 aromatic carbocycles. The molecule has 0 aromatic heterocycles. The number of amidine groups is 1. The maximum absolute atomic E-state index is 5.26. The summed E-state index contributed by atoms with van der Waals surface area (Å²) < 4.78 is 0. The summed E-state index contributed by atoms with van der Waals surface area (Å²) in [6.45, 7) is 0. The molecule has 1 atom stereocenters. The van der Waals surface area contributed by atoms with Crippen LogP contribution < -0.4 is 10.2 Å². The van der Waals surface area contributed by atoms with Crippen molar-refractivity contribution in [1.29, 1.82) is 0 Å². The van der Waals surface area contributed by atoms with E-state index in [1.54, 1.807) is 0 Å². The summed E-state index contributed by atoms with van der Waals surface area (Å²) in [4.78, 5) is 7.59. The Labute approximate surface area is 393 Å². The minimum atomic E-state index is -0.0691. The summed E-state index contributed by atoms with van der Waals surface area (Å²) in [5.41, 5.74) is 19.3. The molecule has 0 fully saturated rings. The average molecular weight is 858 g/mol. The van der Waals surface area contributed by atoms with Gasteiger partial charge in [0.05, 0.1) is 11.7 Å². The third kappa shape index (κ3) is 9.00. The van der Waals surface area contributed by atoms with E-state index < -0.39 is 0 Å². The van der Waals surface area contributed by atoms with E-state index in [2.05, 4.69) is 283 Å². The first-order valence-electron chi connectivity index (χ1n) is 22.9. The minimum absolute atomic E-state index is 0.0691. The number of anilines is 3. The fourth-order valence-corrected chi connectivity index (χ4v) is 8.94. The number of aliphatic imine (C=N–C) groups is 1. The van der Waals surface area contributed by atoms with Crippen molar-refractivity contribution in [3.8, 4) is 55.6 Å². The van der Waals surface area contributed by atoms with Crippen molar-refractivity contribution in [1.82, 2.24) is 5.32 Å². The van der Waals surface area contributed by atoms with Gasteiger partial charge in [0.2, 0.25) is 0 Å². The lowest BCUT2D eigenvalue weighted by Gasteiger charge is -2.26. The van der Waals surface area contributed by atoms with Gasteiger partial charge in [-0.15, -0.1) is 0 Å². The van der Waals surface area contributed by atoms with Gasteiger partial charge in [0.25, 0.3) is 0 Å². The van der Waals surface area contributed by atoms with Crippen molar-refractivity contribution < 1.29 is 0 Å². The van der Waals surface area contributed by atoms with Gasteiger partial charge >= 0.3 is 0 Å². The van der Waals surface area contributed by atoms with Crippen molar-refractivity contribution in [3.63, 3.8) is 0 Å². The summed E-state index contributed by atoms with van der Waals surface area (Å²) in [5, 5.41) is 3.79. The highest BCUT2D eigenvalue weighted by Crippen LogP contribution is 2.38. The van der Waals surface area contributed by atoms with E-state index in [-0.39, 0.29) is 6.04 Å². The monoisotopic (exact) mass is 857 g/mol. The van der Waals surface area contributed by atoms with Crippen molar-refractivity contribution in [2.75, 3.05) is 4.90 Å². The normalized spacial score (nSPS) is 13.2. The Kier molecular flexibility index (Phi) is 11.5. The number of rotatable bonds is 11. The lowest BCUT2D eigenvalue weighted by molar-refractivity contribution is 0.781. The molecule has 10 aromatic rings. The second kappa shape index (κ2) is 18.7. The topological polar surface area (TPSA) is 27.6 Å². The van der Waals surface area contributed by atoms with E-state index in [0.29, 0.717) is 0 Å². The Balaban J connectivity index is 0.882. The highest BCUT2D eigenvalue weighted by molar-refractivity contribution is 6.04. The SMILES string of the molecule is C1=C(c2ccc(-c3ccccc3)cc2)N=C(c2ccc(-c3ccc(N(c4ccc(-c5ccccc5)cc4)c4ccc(-c5ccccc5)cc4)cc3)cc2)NC1c1ccc(-c2ccccc2)cc1. The first kappa shape index (κ1) is 40.9. The fourth-order valence-electron chi connectivity index (χ4n) is 8.94. The Morgan fingerprint density at radius 2 is 0.537 bits per heavy atom. The van der Waals surface area contributed by atoms with Gasteiger partial charge in [-0.25, -0.2) is 4.99 Å². The number of nitrogens with zero attached hydrogens (tertiary/aromatic N) is 2. The second-order valence-corrected chi connectivity index (χ2v) is 16.9. The number of nitrogens with one attached hydrogen (secondary N) is 1. The van der Waals surface area contributed by atoms with Crippen molar-refractivity contribution in [2.24, 2.45) is 4.99 Å². The van der Waals surface area contributed by atoms with Gasteiger partial charge in [-0.3, -0.25) is 0 Å². The molecule has 1 heterocycles. The number of hydrogen-bond donors (Lipinski definition) is 1. The van der Waals surface area contributed by atoms with Crippen LogP contribution >= 0.6 is 0 Å². The van der Waals surface area contributed by atoms with Crippen LogP contribution in [0.5, 0.6) is 0 Å². The third-order valence-electron chi connectivity index (χ3n) is 12.6. The third-order valence-corrected chi connectivity index (χ3v) is 12.6. The second-order valence-electron chi connectivity index (χ2n) is 16.9. The molecule has 0 amide bonds. The standard InChI is InChI=1S/C64H47N3/c1-5-13-46(14-6-1)50-21-27-56(28-22-50)62-45-63(57-29-23-51(24-30-57)47-15-7-2-8-16-47)66-64(65-62)58-31-25-52(26-32-58)55-37-43-61(44-38-55)67(59-39-33-53(34-40-59)48-17-9-3-10-18-48)60-41-35-54(36-42-60)49-19-11-4-12-20-49/h1-45,62H,(H,65,66). The van der Waals surface area contributed by atoms with E-state index >= 15 is 0 Å². The molecule has 0 spiro atoms. The first-order chi connectivity index (χ1) is 33.2. The average Bonchev–Trinajstić information content (AvgIpc) is 3.42. The molecule has 0 bridgehead atoms. The van der Waals surface area contributed by atoms with Crippen molar-refractivity contribution in [3.05, 3.63) is 290 Å². The van der Waals surface area contributed by atoms with Crippen LogP contribution in [0.3, 0.4) is 0 Å². The van der Waals surface area contributed by atoms with Gasteiger partial charge in [0.1, 0.15) is 5.84 Å². The Morgan fingerprint density at radius 1 is 0.269 bits per heavy atom. The van der Waals surface area contributed by atoms with Gasteiger partial charge in [0.15, 0.2) is 0 Å². The molecular formula is C64H47N3. The zero-order valence-corrected chi connectivity index (χ0v) is 37.0.